The number of hydrogen-bond donors (Lipinski definition) is 0. The van der Waals surface area contributed by atoms with E-state index >= 15 is 0 Å². The predicted octanol–water partition coefficient (Wildman–Crippen LogP) is -0.420. The fourth-order valence-electron chi connectivity index (χ4n) is 0.416. The monoisotopic (exact) mass is 113 g/mol. The maximum absolute atomic E-state index is 10.4. The van der Waals surface area contributed by atoms with Crippen molar-refractivity contribution < 1.29 is 9.53 Å². The van der Waals surface area contributed by atoms with E-state index in [1.807, 2.05) is 0 Å². The average molecular weight is 113 g/mol. The molecule has 1 fully saturated rings. The molecule has 0 aliphatic carbocycles. The van der Waals surface area contributed by atoms with Crippen LogP contribution in [0, 0.1) is 6.73 Å². The van der Waals surface area contributed by atoms with Gasteiger partial charge in [-0.2, -0.15) is 0 Å². The minimum Gasteiger partial charge on any atom is -0.522 e. The van der Waals surface area contributed by atoms with Crippen LogP contribution in [0.5, 0.6) is 0 Å². The summed E-state index contributed by atoms with van der Waals surface area (Å²) in [5.74, 6) is -0.181. The van der Waals surface area contributed by atoms with Crippen LogP contribution >= 0.6 is 0 Å². The third-order valence-electron chi connectivity index (χ3n) is 0.789. The zero-order valence-corrected chi connectivity index (χ0v) is 4.20. The molecule has 0 aromatic rings. The molecular formula is C4H5N2O2-. The van der Waals surface area contributed by atoms with Crippen LogP contribution in [0.4, 0.5) is 0 Å². The molecule has 1 rings (SSSR count). The number of hydrazone groups is 1. The standard InChI is InChI=1S/C4H5N2O2/c1-5-6-3-8-2-4(6)7/h3H,1-2H2/q-1. The molecule has 1 aliphatic heterocycles. The molecule has 0 aromatic carbocycles. The van der Waals surface area contributed by atoms with Gasteiger partial charge in [-0.3, -0.25) is 4.79 Å². The van der Waals surface area contributed by atoms with E-state index in [0.29, 0.717) is 0 Å². The topological polar surface area (TPSA) is 41.9 Å². The highest BCUT2D eigenvalue weighted by Gasteiger charge is 2.08. The first kappa shape index (κ1) is 5.24. The Morgan fingerprint density at radius 3 is 3.00 bits per heavy atom. The summed E-state index contributed by atoms with van der Waals surface area (Å²) in [7, 11) is 0. The lowest BCUT2D eigenvalue weighted by Gasteiger charge is -2.13. The van der Waals surface area contributed by atoms with Crippen LogP contribution in [0.2, 0.25) is 0 Å². The van der Waals surface area contributed by atoms with E-state index in [0.717, 1.165) is 5.01 Å². The number of ether oxygens (including phenoxy) is 1. The Morgan fingerprint density at radius 1 is 2.00 bits per heavy atom. The van der Waals surface area contributed by atoms with Gasteiger partial charge in [0.25, 0.3) is 0 Å². The molecule has 4 heteroatoms. The lowest BCUT2D eigenvalue weighted by Crippen LogP contribution is -2.15. The first-order valence-corrected chi connectivity index (χ1v) is 2.08. The van der Waals surface area contributed by atoms with Gasteiger partial charge in [-0.05, 0) is 0 Å². The van der Waals surface area contributed by atoms with Crippen molar-refractivity contribution in [3.8, 4) is 0 Å². The highest BCUT2D eigenvalue weighted by molar-refractivity contribution is 5.79. The number of carbonyl (C=O) groups is 1. The fourth-order valence-corrected chi connectivity index (χ4v) is 0.416. The fraction of sp³-hybridized carbons (Fsp3) is 0.250. The maximum Gasteiger partial charge on any atom is 0.237 e. The van der Waals surface area contributed by atoms with Crippen molar-refractivity contribution in [2.24, 2.45) is 5.10 Å². The summed E-state index contributed by atoms with van der Waals surface area (Å²) < 4.78 is 4.58. The lowest BCUT2D eigenvalue weighted by atomic mass is 10.7. The zero-order chi connectivity index (χ0) is 5.98. The van der Waals surface area contributed by atoms with Gasteiger partial charge in [0.1, 0.15) is 0 Å². The van der Waals surface area contributed by atoms with Gasteiger partial charge in [0.2, 0.25) is 5.91 Å². The Bertz CT molecular complexity index is 123. The van der Waals surface area contributed by atoms with Crippen molar-refractivity contribution in [3.05, 3.63) is 6.73 Å². The molecule has 1 aliphatic rings. The molecule has 4 nitrogen and oxygen atoms in total. The number of amides is 1. The van der Waals surface area contributed by atoms with Crippen molar-refractivity contribution in [2.45, 2.75) is 0 Å². The smallest absolute Gasteiger partial charge is 0.237 e. The van der Waals surface area contributed by atoms with Crippen LogP contribution < -0.4 is 0 Å². The summed E-state index contributed by atoms with van der Waals surface area (Å²) >= 11 is 0. The van der Waals surface area contributed by atoms with Crippen molar-refractivity contribution in [1.82, 2.24) is 5.01 Å². The quantitative estimate of drug-likeness (QED) is 0.342. The highest BCUT2D eigenvalue weighted by atomic mass is 16.5. The van der Waals surface area contributed by atoms with Gasteiger partial charge < -0.3 is 9.75 Å². The second-order valence-electron chi connectivity index (χ2n) is 1.30. The van der Waals surface area contributed by atoms with Crippen LogP contribution in [-0.2, 0) is 9.53 Å². The second-order valence-corrected chi connectivity index (χ2v) is 1.30. The summed E-state index contributed by atoms with van der Waals surface area (Å²) in [4.78, 5) is 10.4. The van der Waals surface area contributed by atoms with Gasteiger partial charge in [0.15, 0.2) is 0 Å². The van der Waals surface area contributed by atoms with E-state index < -0.39 is 0 Å². The first-order chi connectivity index (χ1) is 3.84. The Labute approximate surface area is 46.7 Å². The summed E-state index contributed by atoms with van der Waals surface area (Å²) in [5.41, 5.74) is 0. The third-order valence-corrected chi connectivity index (χ3v) is 0.789. The normalized spacial score (nSPS) is 19.5. The van der Waals surface area contributed by atoms with Crippen molar-refractivity contribution in [3.63, 3.8) is 0 Å². The van der Waals surface area contributed by atoms with Gasteiger partial charge in [-0.15, -0.1) is 0 Å². The van der Waals surface area contributed by atoms with Gasteiger partial charge in [0.05, 0.1) is 6.61 Å². The van der Waals surface area contributed by atoms with Crippen LogP contribution in [0.3, 0.4) is 0 Å². The van der Waals surface area contributed by atoms with E-state index in [1.165, 1.54) is 6.73 Å². The predicted molar refractivity (Wildman–Crippen MR) is 26.6 cm³/mol. The van der Waals surface area contributed by atoms with E-state index in [-0.39, 0.29) is 12.5 Å². The Morgan fingerprint density at radius 2 is 2.75 bits per heavy atom. The molecule has 0 N–H and O–H groups in total. The number of carbonyl (C=O) groups excluding carboxylic acids is 1. The molecule has 0 saturated carbocycles. The molecular weight excluding hydrogens is 108 g/mol. The lowest BCUT2D eigenvalue weighted by molar-refractivity contribution is -0.126. The van der Waals surface area contributed by atoms with E-state index in [1.54, 1.807) is 0 Å². The third kappa shape index (κ3) is 0.696. The van der Waals surface area contributed by atoms with Gasteiger partial charge in [-0.1, -0.05) is 6.73 Å². The van der Waals surface area contributed by atoms with Crippen LogP contribution in [0.15, 0.2) is 5.10 Å². The molecule has 8 heavy (non-hydrogen) atoms. The van der Waals surface area contributed by atoms with Gasteiger partial charge in [0, 0.05) is 6.72 Å². The molecule has 0 aromatic heterocycles. The van der Waals surface area contributed by atoms with Crippen LogP contribution in [0.1, 0.15) is 0 Å². The molecule has 1 saturated heterocycles. The molecule has 0 unspecified atom stereocenters. The van der Waals surface area contributed by atoms with Crippen molar-refractivity contribution >= 4 is 12.6 Å². The SMILES string of the molecule is C=NN1[CH-]OCC1=O. The molecule has 0 atom stereocenters. The molecule has 1 heterocycles. The van der Waals surface area contributed by atoms with E-state index in [4.69, 9.17) is 0 Å². The van der Waals surface area contributed by atoms with E-state index in [2.05, 4.69) is 16.6 Å². The average Bonchev–Trinajstić information content (AvgIpc) is 2.14. The molecule has 0 spiro atoms. The van der Waals surface area contributed by atoms with Crippen LogP contribution in [-0.4, -0.2) is 24.2 Å². The molecule has 0 bridgehead atoms. The Balaban J connectivity index is 2.54. The minimum atomic E-state index is -0.181. The summed E-state index contributed by atoms with van der Waals surface area (Å²) in [5, 5.41) is 4.38. The molecule has 1 amide bonds. The Hall–Kier alpha value is -0.900. The zero-order valence-electron chi connectivity index (χ0n) is 4.20. The summed E-state index contributed by atoms with van der Waals surface area (Å²) in [6.45, 7) is 4.45. The second kappa shape index (κ2) is 1.92. The molecule has 44 valence electrons. The highest BCUT2D eigenvalue weighted by Crippen LogP contribution is 2.03. The number of rotatable bonds is 1. The van der Waals surface area contributed by atoms with Crippen LogP contribution in [0.25, 0.3) is 0 Å². The summed E-state index contributed by atoms with van der Waals surface area (Å²) in [6.07, 6.45) is 0. The minimum absolute atomic E-state index is 0.0824. The largest absolute Gasteiger partial charge is 0.522 e. The van der Waals surface area contributed by atoms with E-state index in [9.17, 15) is 4.79 Å². The Kier molecular flexibility index (Phi) is 1.26. The van der Waals surface area contributed by atoms with Crippen molar-refractivity contribution in [2.75, 3.05) is 6.61 Å². The number of nitrogens with zero attached hydrogens (tertiary/aromatic N) is 2. The maximum atomic E-state index is 10.4. The van der Waals surface area contributed by atoms with Crippen molar-refractivity contribution in [1.29, 1.82) is 0 Å². The number of hydrogen-bond acceptors (Lipinski definition) is 3. The van der Waals surface area contributed by atoms with Gasteiger partial charge in [-0.25, -0.2) is 5.10 Å². The first-order valence-electron chi connectivity index (χ1n) is 2.08. The summed E-state index contributed by atoms with van der Waals surface area (Å²) in [6, 6.07) is 0. The van der Waals surface area contributed by atoms with Gasteiger partial charge >= 0.3 is 0 Å². The molecule has 0 radical (unpaired) electrons.